The van der Waals surface area contributed by atoms with Gasteiger partial charge >= 0.3 is 0 Å². The molecule has 21 heavy (non-hydrogen) atoms. The first kappa shape index (κ1) is 15.1. The number of nitrogens with one attached hydrogen (secondary N) is 1. The van der Waals surface area contributed by atoms with Gasteiger partial charge < -0.3 is 0 Å². The Kier molecular flexibility index (Phi) is 4.32. The highest BCUT2D eigenvalue weighted by Crippen LogP contribution is 2.22. The van der Waals surface area contributed by atoms with E-state index < -0.39 is 11.7 Å². The van der Waals surface area contributed by atoms with Crippen LogP contribution in [0.15, 0.2) is 18.2 Å². The van der Waals surface area contributed by atoms with E-state index in [9.17, 15) is 18.8 Å². The number of imide groups is 1. The zero-order valence-corrected chi connectivity index (χ0v) is 11.6. The lowest BCUT2D eigenvalue weighted by molar-refractivity contribution is -0.150. The number of halogens is 1. The average molecular weight is 293 g/mol. The van der Waals surface area contributed by atoms with Crippen molar-refractivity contribution in [1.82, 2.24) is 10.3 Å². The van der Waals surface area contributed by atoms with Crippen LogP contribution < -0.4 is 11.3 Å². The smallest absolute Gasteiger partial charge is 0.265 e. The Balaban J connectivity index is 2.24. The van der Waals surface area contributed by atoms with Crippen molar-refractivity contribution in [2.24, 2.45) is 11.8 Å². The van der Waals surface area contributed by atoms with E-state index in [1.54, 1.807) is 0 Å². The molecule has 0 aliphatic carbocycles. The number of nitrogen functional groups attached to an aromatic ring is 1. The van der Waals surface area contributed by atoms with E-state index in [0.29, 0.717) is 0 Å². The minimum atomic E-state index is -0.581. The third-order valence-electron chi connectivity index (χ3n) is 3.42. The lowest BCUT2D eigenvalue weighted by atomic mass is 9.97. The highest BCUT2D eigenvalue weighted by atomic mass is 19.1. The number of piperidine rings is 1. The van der Waals surface area contributed by atoms with Crippen LogP contribution in [0.25, 0.3) is 0 Å². The maximum Gasteiger partial charge on any atom is 0.265 e. The van der Waals surface area contributed by atoms with Crippen molar-refractivity contribution in [3.05, 3.63) is 35.1 Å². The first-order chi connectivity index (χ1) is 9.92. The molecule has 0 radical (unpaired) electrons. The van der Waals surface area contributed by atoms with Crippen molar-refractivity contribution < 1.29 is 18.8 Å². The van der Waals surface area contributed by atoms with Gasteiger partial charge in [0.1, 0.15) is 5.82 Å². The number of amides is 3. The van der Waals surface area contributed by atoms with Crippen LogP contribution in [0.3, 0.4) is 0 Å². The fraction of sp³-hybridized carbons (Fsp3) is 0.357. The molecule has 7 heteroatoms. The molecule has 112 valence electrons. The molecular weight excluding hydrogens is 277 g/mol. The molecule has 1 saturated heterocycles. The third-order valence-corrected chi connectivity index (χ3v) is 3.42. The number of hydrogen-bond donors (Lipinski definition) is 2. The van der Waals surface area contributed by atoms with Crippen molar-refractivity contribution >= 4 is 17.7 Å². The zero-order valence-electron chi connectivity index (χ0n) is 11.6. The Morgan fingerprint density at radius 2 is 2.00 bits per heavy atom. The van der Waals surface area contributed by atoms with Gasteiger partial charge in [-0.05, 0) is 24.1 Å². The monoisotopic (exact) mass is 293 g/mol. The summed E-state index contributed by atoms with van der Waals surface area (Å²) in [5, 5.41) is 0. The SMILES string of the molecule is CC1CC(=O)N(Cc2cc(C(=O)NN)ccc2F)C(=O)C1. The number of hydrogen-bond acceptors (Lipinski definition) is 4. The summed E-state index contributed by atoms with van der Waals surface area (Å²) in [6.45, 7) is 1.64. The molecule has 1 aromatic rings. The molecule has 1 fully saturated rings. The van der Waals surface area contributed by atoms with Crippen LogP contribution >= 0.6 is 0 Å². The minimum Gasteiger partial charge on any atom is -0.290 e. The number of benzene rings is 1. The quantitative estimate of drug-likeness (QED) is 0.371. The summed E-state index contributed by atoms with van der Waals surface area (Å²) in [7, 11) is 0. The Morgan fingerprint density at radius 1 is 1.38 bits per heavy atom. The van der Waals surface area contributed by atoms with Gasteiger partial charge in [0.15, 0.2) is 0 Å². The van der Waals surface area contributed by atoms with Gasteiger partial charge in [-0.25, -0.2) is 10.2 Å². The second kappa shape index (κ2) is 6.01. The predicted molar refractivity (Wildman–Crippen MR) is 72.0 cm³/mol. The number of nitrogens with two attached hydrogens (primary N) is 1. The topological polar surface area (TPSA) is 92.5 Å². The molecule has 0 unspecified atom stereocenters. The van der Waals surface area contributed by atoms with Crippen LogP contribution in [0.4, 0.5) is 4.39 Å². The Hall–Kier alpha value is -2.28. The normalized spacial score (nSPS) is 16.2. The lowest BCUT2D eigenvalue weighted by Gasteiger charge is -2.28. The van der Waals surface area contributed by atoms with Gasteiger partial charge in [0.05, 0.1) is 6.54 Å². The van der Waals surface area contributed by atoms with E-state index in [-0.39, 0.29) is 48.2 Å². The molecule has 0 spiro atoms. The number of likely N-dealkylation sites (tertiary alicyclic amines) is 1. The fourth-order valence-electron chi connectivity index (χ4n) is 2.30. The number of rotatable bonds is 3. The first-order valence-electron chi connectivity index (χ1n) is 6.55. The fourth-order valence-corrected chi connectivity index (χ4v) is 2.30. The molecule has 1 aliphatic rings. The number of carbonyl (C=O) groups is 3. The maximum absolute atomic E-state index is 13.8. The summed E-state index contributed by atoms with van der Waals surface area (Å²) < 4.78 is 13.8. The average Bonchev–Trinajstić information content (AvgIpc) is 2.43. The van der Waals surface area contributed by atoms with Crippen LogP contribution in [0.1, 0.15) is 35.7 Å². The highest BCUT2D eigenvalue weighted by molar-refractivity contribution is 5.98. The van der Waals surface area contributed by atoms with Gasteiger partial charge in [-0.3, -0.25) is 24.7 Å². The molecule has 1 aliphatic heterocycles. The molecule has 3 N–H and O–H groups in total. The van der Waals surface area contributed by atoms with Gasteiger partial charge in [0.2, 0.25) is 11.8 Å². The standard InChI is InChI=1S/C14H16FN3O3/c1-8-4-12(19)18(13(20)5-8)7-10-6-9(14(21)17-16)2-3-11(10)15/h2-3,6,8H,4-5,7,16H2,1H3,(H,17,21). The van der Waals surface area contributed by atoms with Crippen LogP contribution in [0.5, 0.6) is 0 Å². The maximum atomic E-state index is 13.8. The summed E-state index contributed by atoms with van der Waals surface area (Å²) >= 11 is 0. The van der Waals surface area contributed by atoms with Gasteiger partial charge in [-0.15, -0.1) is 0 Å². The summed E-state index contributed by atoms with van der Waals surface area (Å²) in [5.41, 5.74) is 2.22. The van der Waals surface area contributed by atoms with Crippen molar-refractivity contribution in [2.75, 3.05) is 0 Å². The van der Waals surface area contributed by atoms with E-state index in [2.05, 4.69) is 0 Å². The van der Waals surface area contributed by atoms with Crippen LogP contribution in [-0.4, -0.2) is 22.6 Å². The lowest BCUT2D eigenvalue weighted by Crippen LogP contribution is -2.42. The molecular formula is C14H16FN3O3. The van der Waals surface area contributed by atoms with Crippen molar-refractivity contribution in [2.45, 2.75) is 26.3 Å². The zero-order chi connectivity index (χ0) is 15.6. The number of hydrazine groups is 1. The molecule has 3 amide bonds. The van der Waals surface area contributed by atoms with Crippen molar-refractivity contribution in [3.8, 4) is 0 Å². The highest BCUT2D eigenvalue weighted by Gasteiger charge is 2.30. The van der Waals surface area contributed by atoms with E-state index in [4.69, 9.17) is 5.84 Å². The first-order valence-corrected chi connectivity index (χ1v) is 6.55. The molecule has 0 atom stereocenters. The van der Waals surface area contributed by atoms with Crippen molar-refractivity contribution in [3.63, 3.8) is 0 Å². The minimum absolute atomic E-state index is 0.000416. The van der Waals surface area contributed by atoms with Gasteiger partial charge in [-0.2, -0.15) is 0 Å². The van der Waals surface area contributed by atoms with Crippen molar-refractivity contribution in [1.29, 1.82) is 0 Å². The Morgan fingerprint density at radius 3 is 2.57 bits per heavy atom. The molecule has 1 aromatic carbocycles. The molecule has 1 heterocycles. The number of carbonyl (C=O) groups excluding carboxylic acids is 3. The summed E-state index contributed by atoms with van der Waals surface area (Å²) in [5.74, 6) is 3.22. The molecule has 2 rings (SSSR count). The molecule has 0 saturated carbocycles. The van der Waals surface area contributed by atoms with E-state index in [1.165, 1.54) is 12.1 Å². The van der Waals surface area contributed by atoms with E-state index >= 15 is 0 Å². The predicted octanol–water partition coefficient (Wildman–Crippen LogP) is 0.714. The number of nitrogens with zero attached hydrogens (tertiary/aromatic N) is 1. The summed E-state index contributed by atoms with van der Waals surface area (Å²) in [6, 6.07) is 3.68. The van der Waals surface area contributed by atoms with Crippen LogP contribution in [0, 0.1) is 11.7 Å². The second-order valence-corrected chi connectivity index (χ2v) is 5.17. The van der Waals surface area contributed by atoms with Crippen LogP contribution in [-0.2, 0) is 16.1 Å². The van der Waals surface area contributed by atoms with E-state index in [1.807, 2.05) is 12.3 Å². The Bertz CT molecular complexity index is 585. The third kappa shape index (κ3) is 3.25. The van der Waals surface area contributed by atoms with Crippen LogP contribution in [0.2, 0.25) is 0 Å². The van der Waals surface area contributed by atoms with Gasteiger partial charge in [0, 0.05) is 24.0 Å². The molecule has 0 bridgehead atoms. The summed E-state index contributed by atoms with van der Waals surface area (Å²) in [4.78, 5) is 36.2. The second-order valence-electron chi connectivity index (χ2n) is 5.17. The van der Waals surface area contributed by atoms with E-state index in [0.717, 1.165) is 11.0 Å². The Labute approximate surface area is 121 Å². The van der Waals surface area contributed by atoms with Gasteiger partial charge in [-0.1, -0.05) is 6.92 Å². The summed E-state index contributed by atoms with van der Waals surface area (Å²) in [6.07, 6.45) is 0.521. The molecule has 0 aromatic heterocycles. The molecule has 6 nitrogen and oxygen atoms in total. The van der Waals surface area contributed by atoms with Gasteiger partial charge in [0.25, 0.3) is 5.91 Å². The largest absolute Gasteiger partial charge is 0.290 e.